The lowest BCUT2D eigenvalue weighted by molar-refractivity contribution is -0.140. The van der Waals surface area contributed by atoms with Gasteiger partial charge in [0.15, 0.2) is 5.82 Å². The molecule has 1 aliphatic carbocycles. The number of urea groups is 1. The summed E-state index contributed by atoms with van der Waals surface area (Å²) in [7, 11) is 0. The number of hydrogen-bond acceptors (Lipinski definition) is 2. The number of aliphatic carboxylic acids is 1. The van der Waals surface area contributed by atoms with Crippen LogP contribution in [-0.2, 0) is 4.79 Å². The van der Waals surface area contributed by atoms with Gasteiger partial charge in [-0.2, -0.15) is 0 Å². The van der Waals surface area contributed by atoms with Crippen molar-refractivity contribution in [2.24, 2.45) is 5.92 Å². The summed E-state index contributed by atoms with van der Waals surface area (Å²) in [6, 6.07) is 0.227. The molecule has 112 valence electrons. The number of carbonyl (C=O) groups excluding carboxylic acids is 1. The second kappa shape index (κ2) is 6.09. The molecule has 2 amide bonds. The van der Waals surface area contributed by atoms with E-state index in [2.05, 4.69) is 10.6 Å². The minimum atomic E-state index is -1.000. The van der Waals surface area contributed by atoms with Gasteiger partial charge < -0.3 is 15.7 Å². The molecule has 0 aromatic heterocycles. The molecule has 8 heteroatoms. The van der Waals surface area contributed by atoms with E-state index in [0.29, 0.717) is 6.07 Å². The molecular formula is C13H11ClF2N2O3. The van der Waals surface area contributed by atoms with Crippen LogP contribution >= 0.6 is 11.6 Å². The molecule has 1 aliphatic rings. The van der Waals surface area contributed by atoms with E-state index in [4.69, 9.17) is 16.7 Å². The summed E-state index contributed by atoms with van der Waals surface area (Å²) in [5.74, 6) is -3.50. The highest BCUT2D eigenvalue weighted by Crippen LogP contribution is 2.26. The third-order valence-electron chi connectivity index (χ3n) is 2.96. The van der Waals surface area contributed by atoms with Crippen molar-refractivity contribution >= 4 is 29.3 Å². The molecule has 1 aromatic carbocycles. The van der Waals surface area contributed by atoms with Crippen LogP contribution in [0.2, 0.25) is 5.02 Å². The van der Waals surface area contributed by atoms with Gasteiger partial charge in [-0.1, -0.05) is 23.8 Å². The summed E-state index contributed by atoms with van der Waals surface area (Å²) in [5, 5.41) is 13.2. The van der Waals surface area contributed by atoms with Crippen LogP contribution in [0.4, 0.5) is 19.3 Å². The first-order chi connectivity index (χ1) is 9.86. The van der Waals surface area contributed by atoms with Gasteiger partial charge in [-0.25, -0.2) is 13.6 Å². The van der Waals surface area contributed by atoms with Crippen molar-refractivity contribution in [3.05, 3.63) is 40.9 Å². The Bertz CT molecular complexity index is 598. The molecule has 0 saturated heterocycles. The van der Waals surface area contributed by atoms with Gasteiger partial charge in [0, 0.05) is 6.07 Å². The maximum Gasteiger partial charge on any atom is 0.319 e. The van der Waals surface area contributed by atoms with Gasteiger partial charge in [0.2, 0.25) is 0 Å². The van der Waals surface area contributed by atoms with Crippen LogP contribution in [0.5, 0.6) is 0 Å². The number of halogens is 3. The van der Waals surface area contributed by atoms with Crippen molar-refractivity contribution in [1.29, 1.82) is 0 Å². The van der Waals surface area contributed by atoms with Crippen LogP contribution in [0, 0.1) is 17.6 Å². The van der Waals surface area contributed by atoms with Crippen molar-refractivity contribution in [1.82, 2.24) is 5.32 Å². The lowest BCUT2D eigenvalue weighted by atomic mass is 10.1. The van der Waals surface area contributed by atoms with Gasteiger partial charge in [-0.15, -0.1) is 0 Å². The zero-order valence-corrected chi connectivity index (χ0v) is 11.3. The average molecular weight is 317 g/mol. The smallest absolute Gasteiger partial charge is 0.319 e. The van der Waals surface area contributed by atoms with Crippen molar-refractivity contribution < 1.29 is 23.5 Å². The van der Waals surface area contributed by atoms with Crippen molar-refractivity contribution in [3.63, 3.8) is 0 Å². The standard InChI is InChI=1S/C13H11ClF2N2O3/c14-9-4-7(15)5-10(16)11(9)18-13(21)17-8-2-1-6(3-8)12(19)20/h1-2,4-6,8H,3H2,(H,19,20)(H2,17,18,21). The molecule has 0 bridgehead atoms. The van der Waals surface area contributed by atoms with Crippen LogP contribution in [-0.4, -0.2) is 23.1 Å². The SMILES string of the molecule is O=C(Nc1c(F)cc(F)cc1Cl)NC1C=CC(C(=O)O)C1. The van der Waals surface area contributed by atoms with E-state index in [1.54, 1.807) is 6.08 Å². The number of carboxylic acid groups (broad SMARTS) is 1. The summed E-state index contributed by atoms with van der Waals surface area (Å²) < 4.78 is 26.4. The van der Waals surface area contributed by atoms with E-state index in [1.165, 1.54) is 6.08 Å². The molecular weight excluding hydrogens is 306 g/mol. The molecule has 0 aliphatic heterocycles. The minimum absolute atomic E-state index is 0.211. The molecule has 21 heavy (non-hydrogen) atoms. The maximum absolute atomic E-state index is 13.5. The second-order valence-electron chi connectivity index (χ2n) is 4.51. The minimum Gasteiger partial charge on any atom is -0.481 e. The fourth-order valence-electron chi connectivity index (χ4n) is 1.97. The summed E-state index contributed by atoms with van der Waals surface area (Å²) in [6.07, 6.45) is 3.22. The van der Waals surface area contributed by atoms with Crippen LogP contribution in [0.3, 0.4) is 0 Å². The molecule has 2 unspecified atom stereocenters. The molecule has 0 fully saturated rings. The Hall–Kier alpha value is -2.15. The van der Waals surface area contributed by atoms with Crippen LogP contribution in [0.25, 0.3) is 0 Å². The monoisotopic (exact) mass is 316 g/mol. The molecule has 5 nitrogen and oxygen atoms in total. The first kappa shape index (κ1) is 15.2. The molecule has 0 heterocycles. The van der Waals surface area contributed by atoms with Gasteiger partial charge in [0.25, 0.3) is 0 Å². The summed E-state index contributed by atoms with van der Waals surface area (Å²) in [5.41, 5.74) is -0.340. The Balaban J connectivity index is 1.98. The van der Waals surface area contributed by atoms with Crippen LogP contribution in [0.1, 0.15) is 6.42 Å². The van der Waals surface area contributed by atoms with Gasteiger partial charge in [-0.05, 0) is 12.5 Å². The highest BCUT2D eigenvalue weighted by Gasteiger charge is 2.25. The molecule has 1 aromatic rings. The predicted octanol–water partition coefficient (Wildman–Crippen LogP) is 2.77. The van der Waals surface area contributed by atoms with E-state index in [0.717, 1.165) is 6.07 Å². The van der Waals surface area contributed by atoms with Gasteiger partial charge in [0.05, 0.1) is 22.7 Å². The Kier molecular flexibility index (Phi) is 4.42. The fraction of sp³-hybridized carbons (Fsp3) is 0.231. The molecule has 3 N–H and O–H groups in total. The van der Waals surface area contributed by atoms with E-state index in [-0.39, 0.29) is 17.1 Å². The molecule has 0 saturated carbocycles. The fourth-order valence-corrected chi connectivity index (χ4v) is 2.21. The molecule has 2 rings (SSSR count). The highest BCUT2D eigenvalue weighted by atomic mass is 35.5. The predicted molar refractivity (Wildman–Crippen MR) is 72.2 cm³/mol. The van der Waals surface area contributed by atoms with E-state index >= 15 is 0 Å². The third kappa shape index (κ3) is 3.69. The summed E-state index contributed by atoms with van der Waals surface area (Å²) in [6.45, 7) is 0. The summed E-state index contributed by atoms with van der Waals surface area (Å²) >= 11 is 5.65. The average Bonchev–Trinajstić information content (AvgIpc) is 2.82. The van der Waals surface area contributed by atoms with Gasteiger partial charge in [-0.3, -0.25) is 4.79 Å². The topological polar surface area (TPSA) is 78.4 Å². The Morgan fingerprint density at radius 1 is 1.29 bits per heavy atom. The van der Waals surface area contributed by atoms with E-state index in [9.17, 15) is 18.4 Å². The number of carbonyl (C=O) groups is 2. The number of hydrogen-bond donors (Lipinski definition) is 3. The zero-order chi connectivity index (χ0) is 15.6. The molecule has 0 radical (unpaired) electrons. The number of benzene rings is 1. The summed E-state index contributed by atoms with van der Waals surface area (Å²) in [4.78, 5) is 22.5. The maximum atomic E-state index is 13.5. The number of nitrogens with one attached hydrogen (secondary N) is 2. The number of amides is 2. The largest absolute Gasteiger partial charge is 0.481 e. The van der Waals surface area contributed by atoms with Crippen molar-refractivity contribution in [3.8, 4) is 0 Å². The first-order valence-electron chi connectivity index (χ1n) is 6.00. The van der Waals surface area contributed by atoms with Gasteiger partial charge >= 0.3 is 12.0 Å². The van der Waals surface area contributed by atoms with Crippen LogP contribution in [0.15, 0.2) is 24.3 Å². The van der Waals surface area contributed by atoms with Crippen molar-refractivity contribution in [2.75, 3.05) is 5.32 Å². The number of rotatable bonds is 3. The highest BCUT2D eigenvalue weighted by molar-refractivity contribution is 6.33. The number of anilines is 1. The Morgan fingerprint density at radius 3 is 2.57 bits per heavy atom. The Labute approximate surface area is 123 Å². The lowest BCUT2D eigenvalue weighted by Crippen LogP contribution is -2.36. The number of carboxylic acids is 1. The molecule has 0 spiro atoms. The molecule has 2 atom stereocenters. The lowest BCUT2D eigenvalue weighted by Gasteiger charge is -2.14. The van der Waals surface area contributed by atoms with Crippen molar-refractivity contribution in [2.45, 2.75) is 12.5 Å². The first-order valence-corrected chi connectivity index (χ1v) is 6.38. The quantitative estimate of drug-likeness (QED) is 0.750. The zero-order valence-electron chi connectivity index (χ0n) is 10.6. The van der Waals surface area contributed by atoms with E-state index in [1.807, 2.05) is 0 Å². The van der Waals surface area contributed by atoms with Crippen LogP contribution < -0.4 is 10.6 Å². The van der Waals surface area contributed by atoms with Gasteiger partial charge in [0.1, 0.15) is 5.82 Å². The Morgan fingerprint density at radius 2 is 2.00 bits per heavy atom. The second-order valence-corrected chi connectivity index (χ2v) is 4.92. The normalized spacial score (nSPS) is 20.3. The third-order valence-corrected chi connectivity index (χ3v) is 3.26. The van der Waals surface area contributed by atoms with E-state index < -0.39 is 35.6 Å².